The maximum Gasteiger partial charge on any atom is 0.338 e. The highest BCUT2D eigenvalue weighted by Gasteiger charge is 2.07. The van der Waals surface area contributed by atoms with Gasteiger partial charge in [-0.25, -0.2) is 4.79 Å². The quantitative estimate of drug-likeness (QED) is 0.849. The summed E-state index contributed by atoms with van der Waals surface area (Å²) in [5.41, 5.74) is 1.06. The van der Waals surface area contributed by atoms with Crippen LogP contribution in [0.25, 0.3) is 0 Å². The minimum absolute atomic E-state index is 0.154. The van der Waals surface area contributed by atoms with Crippen LogP contribution in [0.5, 0.6) is 5.75 Å². The molecule has 0 unspecified atom stereocenters. The zero-order valence-corrected chi connectivity index (χ0v) is 9.84. The number of anilines is 1. The molecule has 5 heteroatoms. The number of carbonyl (C=O) groups is 1. The van der Waals surface area contributed by atoms with Crippen LogP contribution in [-0.2, 0) is 6.54 Å². The SMILES string of the molecule is COc1ccc(NCc2cc(C(=O)O)co2)cc1. The minimum atomic E-state index is -0.991. The highest BCUT2D eigenvalue weighted by molar-refractivity contribution is 5.87. The molecule has 0 fully saturated rings. The first-order valence-electron chi connectivity index (χ1n) is 5.37. The molecule has 2 rings (SSSR count). The molecule has 0 atom stereocenters. The van der Waals surface area contributed by atoms with Gasteiger partial charge in [-0.15, -0.1) is 0 Å². The topological polar surface area (TPSA) is 71.7 Å². The lowest BCUT2D eigenvalue weighted by Crippen LogP contribution is -1.98. The summed E-state index contributed by atoms with van der Waals surface area (Å²) >= 11 is 0. The molecule has 0 bridgehead atoms. The number of furan rings is 1. The summed E-state index contributed by atoms with van der Waals surface area (Å²) in [6.45, 7) is 0.430. The van der Waals surface area contributed by atoms with E-state index < -0.39 is 5.97 Å². The summed E-state index contributed by atoms with van der Waals surface area (Å²) < 4.78 is 10.2. The summed E-state index contributed by atoms with van der Waals surface area (Å²) in [5, 5.41) is 11.9. The third-order valence-electron chi connectivity index (χ3n) is 2.46. The van der Waals surface area contributed by atoms with E-state index in [0.717, 1.165) is 11.4 Å². The van der Waals surface area contributed by atoms with Crippen molar-refractivity contribution in [2.75, 3.05) is 12.4 Å². The van der Waals surface area contributed by atoms with Gasteiger partial charge in [0.05, 0.1) is 19.2 Å². The summed E-state index contributed by atoms with van der Waals surface area (Å²) in [6.07, 6.45) is 1.23. The van der Waals surface area contributed by atoms with E-state index in [0.29, 0.717) is 12.3 Å². The van der Waals surface area contributed by atoms with Crippen LogP contribution in [-0.4, -0.2) is 18.2 Å². The van der Waals surface area contributed by atoms with E-state index in [1.54, 1.807) is 7.11 Å². The van der Waals surface area contributed by atoms with Gasteiger partial charge >= 0.3 is 5.97 Å². The van der Waals surface area contributed by atoms with Gasteiger partial charge in [0.2, 0.25) is 0 Å². The molecule has 2 N–H and O–H groups in total. The predicted octanol–water partition coefficient (Wildman–Crippen LogP) is 2.60. The van der Waals surface area contributed by atoms with Gasteiger partial charge in [0.25, 0.3) is 0 Å². The lowest BCUT2D eigenvalue weighted by molar-refractivity contribution is 0.0696. The molecule has 0 aliphatic heterocycles. The Morgan fingerprint density at radius 1 is 1.39 bits per heavy atom. The lowest BCUT2D eigenvalue weighted by atomic mass is 10.3. The van der Waals surface area contributed by atoms with Crippen LogP contribution in [0.4, 0.5) is 5.69 Å². The number of methoxy groups -OCH3 is 1. The first-order valence-corrected chi connectivity index (χ1v) is 5.37. The fourth-order valence-electron chi connectivity index (χ4n) is 1.48. The Morgan fingerprint density at radius 3 is 2.67 bits per heavy atom. The number of aromatic carboxylic acids is 1. The summed E-state index contributed by atoms with van der Waals surface area (Å²) in [4.78, 5) is 10.7. The van der Waals surface area contributed by atoms with Gasteiger partial charge in [-0.3, -0.25) is 0 Å². The number of ether oxygens (including phenoxy) is 1. The van der Waals surface area contributed by atoms with Crippen molar-refractivity contribution in [3.05, 3.63) is 47.9 Å². The fraction of sp³-hybridized carbons (Fsp3) is 0.154. The highest BCUT2D eigenvalue weighted by Crippen LogP contribution is 2.16. The second-order valence-electron chi connectivity index (χ2n) is 3.69. The number of hydrogen-bond acceptors (Lipinski definition) is 4. The van der Waals surface area contributed by atoms with E-state index in [1.807, 2.05) is 24.3 Å². The van der Waals surface area contributed by atoms with Gasteiger partial charge in [0, 0.05) is 5.69 Å². The van der Waals surface area contributed by atoms with Crippen LogP contribution in [0, 0.1) is 0 Å². The number of carboxylic acid groups (broad SMARTS) is 1. The number of nitrogens with one attached hydrogen (secondary N) is 1. The van der Waals surface area contributed by atoms with Crippen LogP contribution in [0.3, 0.4) is 0 Å². The molecular formula is C13H13NO4. The van der Waals surface area contributed by atoms with Gasteiger partial charge in [-0.2, -0.15) is 0 Å². The summed E-state index contributed by atoms with van der Waals surface area (Å²) in [7, 11) is 1.61. The van der Waals surface area contributed by atoms with Crippen LogP contribution in [0.15, 0.2) is 41.0 Å². The molecule has 0 saturated carbocycles. The van der Waals surface area contributed by atoms with Crippen LogP contribution >= 0.6 is 0 Å². The second kappa shape index (κ2) is 5.27. The van der Waals surface area contributed by atoms with Crippen molar-refractivity contribution in [2.45, 2.75) is 6.54 Å². The Labute approximate surface area is 104 Å². The molecule has 0 aliphatic rings. The molecule has 0 spiro atoms. The zero-order valence-electron chi connectivity index (χ0n) is 9.84. The van der Waals surface area contributed by atoms with Crippen LogP contribution in [0.2, 0.25) is 0 Å². The van der Waals surface area contributed by atoms with Crippen molar-refractivity contribution in [3.63, 3.8) is 0 Å². The van der Waals surface area contributed by atoms with Crippen molar-refractivity contribution < 1.29 is 19.1 Å². The molecule has 18 heavy (non-hydrogen) atoms. The summed E-state index contributed by atoms with van der Waals surface area (Å²) in [5.74, 6) is 0.365. The first-order chi connectivity index (χ1) is 8.69. The molecule has 0 radical (unpaired) electrons. The normalized spacial score (nSPS) is 10.1. The molecular weight excluding hydrogens is 234 g/mol. The van der Waals surface area contributed by atoms with E-state index in [4.69, 9.17) is 14.3 Å². The van der Waals surface area contributed by atoms with E-state index in [1.165, 1.54) is 12.3 Å². The van der Waals surface area contributed by atoms with Gasteiger partial charge in [-0.1, -0.05) is 0 Å². The Bertz CT molecular complexity index is 530. The van der Waals surface area contributed by atoms with Crippen molar-refractivity contribution in [1.29, 1.82) is 0 Å². The molecule has 0 aliphatic carbocycles. The molecule has 94 valence electrons. The highest BCUT2D eigenvalue weighted by atomic mass is 16.5. The fourth-order valence-corrected chi connectivity index (χ4v) is 1.48. The number of rotatable bonds is 5. The van der Waals surface area contributed by atoms with E-state index >= 15 is 0 Å². The van der Waals surface area contributed by atoms with Gasteiger partial charge in [0.15, 0.2) is 0 Å². The molecule has 0 saturated heterocycles. The molecule has 1 aromatic carbocycles. The average molecular weight is 247 g/mol. The third kappa shape index (κ3) is 2.82. The number of hydrogen-bond donors (Lipinski definition) is 2. The smallest absolute Gasteiger partial charge is 0.338 e. The molecule has 1 heterocycles. The van der Waals surface area contributed by atoms with Gasteiger partial charge < -0.3 is 19.6 Å². The Kier molecular flexibility index (Phi) is 3.52. The van der Waals surface area contributed by atoms with Crippen LogP contribution < -0.4 is 10.1 Å². The first kappa shape index (κ1) is 12.0. The number of benzene rings is 1. The van der Waals surface area contributed by atoms with E-state index in [-0.39, 0.29) is 5.56 Å². The maximum absolute atomic E-state index is 10.7. The molecule has 1 aromatic heterocycles. The third-order valence-corrected chi connectivity index (χ3v) is 2.46. The van der Waals surface area contributed by atoms with E-state index in [9.17, 15) is 4.79 Å². The van der Waals surface area contributed by atoms with Crippen molar-refractivity contribution in [2.24, 2.45) is 0 Å². The Hall–Kier alpha value is -2.43. The van der Waals surface area contributed by atoms with E-state index in [2.05, 4.69) is 5.32 Å². The van der Waals surface area contributed by atoms with Crippen molar-refractivity contribution >= 4 is 11.7 Å². The predicted molar refractivity (Wildman–Crippen MR) is 66.0 cm³/mol. The lowest BCUT2D eigenvalue weighted by Gasteiger charge is -2.05. The summed E-state index contributed by atoms with van der Waals surface area (Å²) in [6, 6.07) is 8.93. The van der Waals surface area contributed by atoms with Crippen LogP contribution in [0.1, 0.15) is 16.1 Å². The molecule has 2 aromatic rings. The van der Waals surface area contributed by atoms with Crippen molar-refractivity contribution in [1.82, 2.24) is 0 Å². The Morgan fingerprint density at radius 2 is 2.11 bits per heavy atom. The largest absolute Gasteiger partial charge is 0.497 e. The zero-order chi connectivity index (χ0) is 13.0. The molecule has 5 nitrogen and oxygen atoms in total. The maximum atomic E-state index is 10.7. The average Bonchev–Trinajstić information content (AvgIpc) is 2.86. The second-order valence-corrected chi connectivity index (χ2v) is 3.69. The standard InChI is InChI=1S/C13H13NO4/c1-17-11-4-2-10(3-5-11)14-7-12-6-9(8-18-12)13(15)16/h2-6,8,14H,7H2,1H3,(H,15,16). The van der Waals surface area contributed by atoms with Gasteiger partial charge in [-0.05, 0) is 30.3 Å². The Balaban J connectivity index is 1.95. The van der Waals surface area contributed by atoms with Crippen molar-refractivity contribution in [3.8, 4) is 5.75 Å². The monoisotopic (exact) mass is 247 g/mol. The molecule has 0 amide bonds. The minimum Gasteiger partial charge on any atom is -0.497 e. The van der Waals surface area contributed by atoms with Gasteiger partial charge in [0.1, 0.15) is 17.8 Å². The number of carboxylic acids is 1.